The van der Waals surface area contributed by atoms with E-state index in [1.54, 1.807) is 10.6 Å². The highest BCUT2D eigenvalue weighted by Gasteiger charge is 2.44. The molecule has 10 heteroatoms. The largest absolute Gasteiger partial charge is 0.393 e. The number of hydrogen-bond donors (Lipinski definition) is 2. The molecule has 0 saturated heterocycles. The molecule has 0 amide bonds. The van der Waals surface area contributed by atoms with Gasteiger partial charge in [0.25, 0.3) is 0 Å². The first-order valence-electron chi connectivity index (χ1n) is 17.9. The molecule has 3 aromatic carbocycles. The summed E-state index contributed by atoms with van der Waals surface area (Å²) in [6, 6.07) is 32.7. The monoisotopic (exact) mass is 708 g/mol. The molecule has 0 spiro atoms. The lowest BCUT2D eigenvalue weighted by molar-refractivity contribution is -0.134. The lowest BCUT2D eigenvalue weighted by atomic mass is 10.0. The number of hydrogen-bond acceptors (Lipinski definition) is 8. The summed E-state index contributed by atoms with van der Waals surface area (Å²) in [4.78, 5) is 23.4. The number of carbonyl (C=O) groups excluding carboxylic acids is 1. The Morgan fingerprint density at radius 1 is 0.725 bits per heavy atom. The number of Topliss-reactive ketones (excluding diaryl/α,β-unsaturated/α-hetero) is 1. The lowest BCUT2D eigenvalue weighted by Crippen LogP contribution is -2.52. The van der Waals surface area contributed by atoms with Crippen LogP contribution in [-0.2, 0) is 34.0 Å². The van der Waals surface area contributed by atoms with Crippen molar-refractivity contribution in [2.24, 2.45) is 0 Å². The minimum Gasteiger partial charge on any atom is -0.393 e. The first-order chi connectivity index (χ1) is 24.6. The number of aliphatic hydroxyl groups is 1. The molecule has 0 aliphatic carbocycles. The van der Waals surface area contributed by atoms with Crippen molar-refractivity contribution in [2.75, 3.05) is 11.6 Å². The van der Waals surface area contributed by atoms with Crippen LogP contribution in [-0.4, -0.2) is 58.6 Å². The van der Waals surface area contributed by atoms with Gasteiger partial charge in [-0.1, -0.05) is 133 Å². The molecule has 2 N–H and O–H groups in total. The molecule has 0 saturated carbocycles. The Balaban J connectivity index is 1.50. The van der Waals surface area contributed by atoms with Crippen LogP contribution in [0.1, 0.15) is 68.7 Å². The molecule has 5 rings (SSSR count). The molecule has 0 aliphatic heterocycles. The third-order valence-electron chi connectivity index (χ3n) is 9.80. The standard InChI is InChI=1S/C41H52N4O5Si/c1-29(2)51(30(3)4,31(5)6)44-41-36-23-22-35(45(36)43-28-42-41)38(47)40(50-26-34-20-14-9-15-21-34)39(49-25-33-18-12-8-13-19-33)37(46)27-48-24-32-16-10-7-11-17-32/h7-23,28-31,37,39-40,46H,24-27H2,1-6H3,(H,42,43,44)/t37-,39-,40+/m1/s1. The van der Waals surface area contributed by atoms with Gasteiger partial charge >= 0.3 is 0 Å². The number of aliphatic hydroxyl groups excluding tert-OH is 1. The second kappa shape index (κ2) is 17.8. The molecule has 0 bridgehead atoms. The van der Waals surface area contributed by atoms with Crippen LogP contribution in [0.25, 0.3) is 5.52 Å². The molecule has 51 heavy (non-hydrogen) atoms. The Morgan fingerprint density at radius 2 is 1.24 bits per heavy atom. The summed E-state index contributed by atoms with van der Waals surface area (Å²) < 4.78 is 20.5. The fraction of sp³-hybridized carbons (Fsp3) is 0.390. The van der Waals surface area contributed by atoms with Crippen LogP contribution in [0, 0.1) is 0 Å². The predicted octanol–water partition coefficient (Wildman–Crippen LogP) is 8.25. The van der Waals surface area contributed by atoms with E-state index in [0.717, 1.165) is 16.7 Å². The molecule has 2 heterocycles. The molecule has 9 nitrogen and oxygen atoms in total. The van der Waals surface area contributed by atoms with Crippen molar-refractivity contribution in [3.63, 3.8) is 0 Å². The summed E-state index contributed by atoms with van der Waals surface area (Å²) in [6.07, 6.45) is -1.95. The van der Waals surface area contributed by atoms with Gasteiger partial charge in [-0.05, 0) is 45.4 Å². The van der Waals surface area contributed by atoms with E-state index in [1.807, 2.05) is 97.1 Å². The summed E-state index contributed by atoms with van der Waals surface area (Å²) in [7, 11) is -2.12. The van der Waals surface area contributed by atoms with Crippen LogP contribution >= 0.6 is 0 Å². The lowest BCUT2D eigenvalue weighted by Gasteiger charge is -2.43. The molecule has 0 fully saturated rings. The van der Waals surface area contributed by atoms with Gasteiger partial charge in [-0.15, -0.1) is 0 Å². The number of anilines is 1. The molecule has 0 aliphatic rings. The minimum absolute atomic E-state index is 0.0652. The Kier molecular flexibility index (Phi) is 13.3. The average molecular weight is 709 g/mol. The van der Waals surface area contributed by atoms with E-state index in [4.69, 9.17) is 14.2 Å². The van der Waals surface area contributed by atoms with Crippen molar-refractivity contribution in [3.8, 4) is 0 Å². The summed E-state index contributed by atoms with van der Waals surface area (Å²) in [5, 5.41) is 16.2. The summed E-state index contributed by atoms with van der Waals surface area (Å²) in [6.45, 7) is 14.2. The Labute approximate surface area is 303 Å². The fourth-order valence-electron chi connectivity index (χ4n) is 7.21. The van der Waals surface area contributed by atoms with Crippen LogP contribution < -0.4 is 4.98 Å². The van der Waals surface area contributed by atoms with Crippen molar-refractivity contribution >= 4 is 25.4 Å². The Bertz CT molecular complexity index is 1780. The quantitative estimate of drug-likeness (QED) is 0.0653. The van der Waals surface area contributed by atoms with Crippen molar-refractivity contribution in [3.05, 3.63) is 132 Å². The maximum Gasteiger partial charge on any atom is 0.212 e. The third-order valence-corrected chi connectivity index (χ3v) is 16.2. The molecular formula is C41H52N4O5Si. The zero-order valence-corrected chi connectivity index (χ0v) is 31.6. The van der Waals surface area contributed by atoms with E-state index in [2.05, 4.69) is 56.6 Å². The van der Waals surface area contributed by atoms with Crippen molar-refractivity contribution < 1.29 is 24.1 Å². The SMILES string of the molecule is CC(C)[Si](Nc1ncnn2c(C(=O)[C@H](OCc3ccccc3)[C@H](OCc3ccccc3)[C@H](O)COCc3ccccc3)ccc12)(C(C)C)C(C)C. The van der Waals surface area contributed by atoms with Crippen molar-refractivity contribution in [1.82, 2.24) is 14.6 Å². The summed E-state index contributed by atoms with van der Waals surface area (Å²) >= 11 is 0. The zero-order chi connectivity index (χ0) is 36.4. The van der Waals surface area contributed by atoms with Gasteiger partial charge in [0, 0.05) is 0 Å². The van der Waals surface area contributed by atoms with E-state index >= 15 is 0 Å². The van der Waals surface area contributed by atoms with E-state index in [-0.39, 0.29) is 25.6 Å². The highest BCUT2D eigenvalue weighted by Crippen LogP contribution is 2.42. The van der Waals surface area contributed by atoms with E-state index in [0.29, 0.717) is 40.3 Å². The highest BCUT2D eigenvalue weighted by molar-refractivity contribution is 6.86. The van der Waals surface area contributed by atoms with E-state index in [9.17, 15) is 9.90 Å². The van der Waals surface area contributed by atoms with Crippen molar-refractivity contribution in [2.45, 2.75) is 96.3 Å². The average Bonchev–Trinajstić information content (AvgIpc) is 3.57. The maximum absolute atomic E-state index is 14.8. The first-order valence-corrected chi connectivity index (χ1v) is 20.1. The second-order valence-electron chi connectivity index (χ2n) is 14.1. The molecule has 3 atom stereocenters. The Morgan fingerprint density at radius 3 is 1.76 bits per heavy atom. The number of ether oxygens (including phenoxy) is 3. The molecule has 0 radical (unpaired) electrons. The van der Waals surface area contributed by atoms with Crippen LogP contribution in [0.2, 0.25) is 16.6 Å². The molecule has 5 aromatic rings. The topological polar surface area (TPSA) is 107 Å². The van der Waals surface area contributed by atoms with Gasteiger partial charge in [0.2, 0.25) is 5.78 Å². The van der Waals surface area contributed by atoms with Gasteiger partial charge in [0.15, 0.2) is 14.3 Å². The van der Waals surface area contributed by atoms with Crippen LogP contribution in [0.15, 0.2) is 109 Å². The number of carbonyl (C=O) groups is 1. The van der Waals surface area contributed by atoms with Gasteiger partial charge in [-0.25, -0.2) is 9.50 Å². The van der Waals surface area contributed by atoms with Crippen molar-refractivity contribution in [1.29, 1.82) is 0 Å². The van der Waals surface area contributed by atoms with Crippen LogP contribution in [0.3, 0.4) is 0 Å². The normalized spacial score (nSPS) is 13.9. The number of fused-ring (bicyclic) bond motifs is 1. The molecule has 2 aromatic heterocycles. The fourth-order valence-corrected chi connectivity index (χ4v) is 12.7. The van der Waals surface area contributed by atoms with E-state index in [1.165, 1.54) is 6.33 Å². The van der Waals surface area contributed by atoms with Gasteiger partial charge < -0.3 is 24.3 Å². The van der Waals surface area contributed by atoms with E-state index < -0.39 is 26.5 Å². The number of rotatable bonds is 19. The number of ketones is 1. The number of aromatic nitrogens is 3. The third kappa shape index (κ3) is 9.19. The van der Waals surface area contributed by atoms with Crippen LogP contribution in [0.5, 0.6) is 0 Å². The Hall–Kier alpha value is -4.19. The minimum atomic E-state index is -2.12. The predicted molar refractivity (Wildman–Crippen MR) is 204 cm³/mol. The van der Waals surface area contributed by atoms with Gasteiger partial charge in [-0.2, -0.15) is 5.10 Å². The van der Waals surface area contributed by atoms with Gasteiger partial charge in [0.1, 0.15) is 35.6 Å². The highest BCUT2D eigenvalue weighted by atomic mass is 28.3. The summed E-state index contributed by atoms with van der Waals surface area (Å²) in [5.74, 6) is 0.343. The summed E-state index contributed by atoms with van der Waals surface area (Å²) in [5.41, 5.74) is 5.09. The second-order valence-corrected chi connectivity index (χ2v) is 19.6. The molecular weight excluding hydrogens is 657 g/mol. The smallest absolute Gasteiger partial charge is 0.212 e. The molecule has 0 unspecified atom stereocenters. The van der Waals surface area contributed by atoms with Gasteiger partial charge in [-0.3, -0.25) is 4.79 Å². The number of nitrogens with one attached hydrogen (secondary N) is 1. The maximum atomic E-state index is 14.8. The number of benzene rings is 3. The van der Waals surface area contributed by atoms with Crippen LogP contribution in [0.4, 0.5) is 5.82 Å². The van der Waals surface area contributed by atoms with Gasteiger partial charge in [0.05, 0.1) is 26.4 Å². The number of nitrogens with zero attached hydrogens (tertiary/aromatic N) is 3. The molecule has 270 valence electrons. The zero-order valence-electron chi connectivity index (χ0n) is 30.6. The first kappa shape index (κ1) is 38.0.